The van der Waals surface area contributed by atoms with Gasteiger partial charge in [-0.15, -0.1) is 0 Å². The van der Waals surface area contributed by atoms with Crippen LogP contribution in [-0.4, -0.2) is 52.3 Å². The number of nitrogens with zero attached hydrogens (tertiary/aromatic N) is 3. The Bertz CT molecular complexity index is 813. The second-order valence-electron chi connectivity index (χ2n) is 7.08. The van der Waals surface area contributed by atoms with Crippen LogP contribution < -0.4 is 4.74 Å². The second-order valence-corrected chi connectivity index (χ2v) is 7.08. The fourth-order valence-corrected chi connectivity index (χ4v) is 3.74. The Morgan fingerprint density at radius 3 is 2.70 bits per heavy atom. The van der Waals surface area contributed by atoms with Crippen molar-refractivity contribution in [2.24, 2.45) is 0 Å². The topological polar surface area (TPSA) is 67.6 Å². The first-order chi connectivity index (χ1) is 13.0. The zero-order valence-electron chi connectivity index (χ0n) is 16.0. The van der Waals surface area contributed by atoms with E-state index in [1.165, 1.54) is 19.2 Å². The quantitative estimate of drug-likeness (QED) is 0.873. The van der Waals surface area contributed by atoms with Crippen LogP contribution in [0.1, 0.15) is 53.6 Å². The molecule has 1 saturated heterocycles. The van der Waals surface area contributed by atoms with E-state index in [2.05, 4.69) is 9.55 Å². The molecular formula is C20H26FN3O3. The van der Waals surface area contributed by atoms with Crippen LogP contribution in [0.15, 0.2) is 24.4 Å². The highest BCUT2D eigenvalue weighted by molar-refractivity contribution is 5.94. The summed E-state index contributed by atoms with van der Waals surface area (Å²) in [6, 6.07) is 4.27. The lowest BCUT2D eigenvalue weighted by Crippen LogP contribution is -2.38. The Hall–Kier alpha value is -2.41. The number of piperidine rings is 1. The van der Waals surface area contributed by atoms with Gasteiger partial charge in [0.05, 0.1) is 19.8 Å². The number of ether oxygens (including phenoxy) is 1. The Morgan fingerprint density at radius 2 is 2.11 bits per heavy atom. The number of hydrogen-bond donors (Lipinski definition) is 1. The van der Waals surface area contributed by atoms with Crippen molar-refractivity contribution in [3.63, 3.8) is 0 Å². The average Bonchev–Trinajstić information content (AvgIpc) is 3.08. The third kappa shape index (κ3) is 3.83. The van der Waals surface area contributed by atoms with Gasteiger partial charge in [-0.2, -0.15) is 0 Å². The summed E-state index contributed by atoms with van der Waals surface area (Å²) in [5.74, 6) is 0.637. The van der Waals surface area contributed by atoms with E-state index < -0.39 is 5.82 Å². The van der Waals surface area contributed by atoms with Gasteiger partial charge in [-0.1, -0.05) is 0 Å². The van der Waals surface area contributed by atoms with E-state index in [4.69, 9.17) is 4.74 Å². The van der Waals surface area contributed by atoms with Crippen LogP contribution in [0.2, 0.25) is 0 Å². The fraction of sp³-hybridized carbons (Fsp3) is 0.500. The van der Waals surface area contributed by atoms with Crippen molar-refractivity contribution in [1.29, 1.82) is 0 Å². The molecule has 146 valence electrons. The number of aryl methyl sites for hydroxylation is 1. The van der Waals surface area contributed by atoms with Gasteiger partial charge in [0.2, 0.25) is 0 Å². The van der Waals surface area contributed by atoms with Crippen LogP contribution in [0.25, 0.3) is 0 Å². The van der Waals surface area contributed by atoms with E-state index in [1.54, 1.807) is 11.0 Å². The molecule has 1 aromatic heterocycles. The SMILES string of the molecule is COc1ccc(C(=O)N2CCC(c3ncc(C)n3[C@H](C)CO)CC2)cc1F. The van der Waals surface area contributed by atoms with E-state index in [-0.39, 0.29) is 30.2 Å². The minimum atomic E-state index is -0.534. The molecule has 27 heavy (non-hydrogen) atoms. The van der Waals surface area contributed by atoms with Gasteiger partial charge in [0.1, 0.15) is 5.82 Å². The molecule has 1 N–H and O–H groups in total. The van der Waals surface area contributed by atoms with E-state index in [1.807, 2.05) is 20.0 Å². The molecule has 1 fully saturated rings. The Balaban J connectivity index is 1.69. The maximum Gasteiger partial charge on any atom is 0.253 e. The maximum atomic E-state index is 13.9. The molecule has 1 aliphatic heterocycles. The van der Waals surface area contributed by atoms with Gasteiger partial charge < -0.3 is 19.3 Å². The molecule has 0 radical (unpaired) electrons. The number of imidazole rings is 1. The number of hydrogen-bond acceptors (Lipinski definition) is 4. The molecule has 0 spiro atoms. The maximum absolute atomic E-state index is 13.9. The summed E-state index contributed by atoms with van der Waals surface area (Å²) in [6.07, 6.45) is 3.41. The number of methoxy groups -OCH3 is 1. The number of rotatable bonds is 5. The fourth-order valence-electron chi connectivity index (χ4n) is 3.74. The molecule has 7 heteroatoms. The Morgan fingerprint density at radius 1 is 1.41 bits per heavy atom. The van der Waals surface area contributed by atoms with Crippen molar-refractivity contribution < 1.29 is 19.0 Å². The predicted octanol–water partition coefficient (Wildman–Crippen LogP) is 2.91. The predicted molar refractivity (Wildman–Crippen MR) is 99.6 cm³/mol. The number of aliphatic hydroxyl groups is 1. The summed E-state index contributed by atoms with van der Waals surface area (Å²) >= 11 is 0. The number of amides is 1. The molecule has 0 saturated carbocycles. The minimum absolute atomic E-state index is 0.0237. The number of carbonyl (C=O) groups excluding carboxylic acids is 1. The number of halogens is 1. The highest BCUT2D eigenvalue weighted by atomic mass is 19.1. The smallest absolute Gasteiger partial charge is 0.253 e. The van der Waals surface area contributed by atoms with Crippen LogP contribution in [-0.2, 0) is 0 Å². The largest absolute Gasteiger partial charge is 0.494 e. The molecule has 1 atom stereocenters. The normalized spacial score (nSPS) is 16.4. The number of likely N-dealkylation sites (tertiary alicyclic amines) is 1. The third-order valence-electron chi connectivity index (χ3n) is 5.26. The third-order valence-corrected chi connectivity index (χ3v) is 5.26. The van der Waals surface area contributed by atoms with Gasteiger partial charge in [-0.25, -0.2) is 9.37 Å². The summed E-state index contributed by atoms with van der Waals surface area (Å²) in [7, 11) is 1.40. The van der Waals surface area contributed by atoms with Crippen molar-refractivity contribution in [2.75, 3.05) is 26.8 Å². The lowest BCUT2D eigenvalue weighted by atomic mass is 9.95. The first-order valence-electron chi connectivity index (χ1n) is 9.23. The van der Waals surface area contributed by atoms with Crippen molar-refractivity contribution in [3.8, 4) is 5.75 Å². The minimum Gasteiger partial charge on any atom is -0.494 e. The first kappa shape index (κ1) is 19.4. The Kier molecular flexibility index (Phi) is 5.79. The molecule has 2 aromatic rings. The highest BCUT2D eigenvalue weighted by Gasteiger charge is 2.28. The Labute approximate surface area is 158 Å². The number of aliphatic hydroxyl groups excluding tert-OH is 1. The summed E-state index contributed by atoms with van der Waals surface area (Å²) in [6.45, 7) is 5.20. The molecule has 0 aliphatic carbocycles. The molecule has 6 nitrogen and oxygen atoms in total. The zero-order valence-corrected chi connectivity index (χ0v) is 16.0. The van der Waals surface area contributed by atoms with Crippen molar-refractivity contribution in [1.82, 2.24) is 14.5 Å². The number of aromatic nitrogens is 2. The van der Waals surface area contributed by atoms with E-state index in [0.717, 1.165) is 24.4 Å². The monoisotopic (exact) mass is 375 g/mol. The average molecular weight is 375 g/mol. The summed E-state index contributed by atoms with van der Waals surface area (Å²) in [4.78, 5) is 19.0. The lowest BCUT2D eigenvalue weighted by molar-refractivity contribution is 0.0709. The highest BCUT2D eigenvalue weighted by Crippen LogP contribution is 2.30. The molecule has 1 aliphatic rings. The first-order valence-corrected chi connectivity index (χ1v) is 9.23. The molecule has 3 rings (SSSR count). The number of benzene rings is 1. The van der Waals surface area contributed by atoms with E-state index in [0.29, 0.717) is 18.7 Å². The van der Waals surface area contributed by atoms with Gasteiger partial charge in [0.15, 0.2) is 11.6 Å². The van der Waals surface area contributed by atoms with Gasteiger partial charge >= 0.3 is 0 Å². The number of carbonyl (C=O) groups is 1. The summed E-state index contributed by atoms with van der Waals surface area (Å²) in [5, 5.41) is 9.51. The van der Waals surface area contributed by atoms with Crippen molar-refractivity contribution in [3.05, 3.63) is 47.3 Å². The zero-order chi connectivity index (χ0) is 19.6. The van der Waals surface area contributed by atoms with Crippen LogP contribution in [0.4, 0.5) is 4.39 Å². The van der Waals surface area contributed by atoms with Crippen molar-refractivity contribution in [2.45, 2.75) is 38.6 Å². The molecule has 1 aromatic carbocycles. The molecule has 0 bridgehead atoms. The molecule has 0 unspecified atom stereocenters. The second kappa shape index (κ2) is 8.08. The van der Waals surface area contributed by atoms with Crippen LogP contribution in [0, 0.1) is 12.7 Å². The van der Waals surface area contributed by atoms with Gasteiger partial charge in [-0.05, 0) is 44.9 Å². The van der Waals surface area contributed by atoms with Crippen molar-refractivity contribution >= 4 is 5.91 Å². The molecule has 1 amide bonds. The van der Waals surface area contributed by atoms with Gasteiger partial charge in [0, 0.05) is 36.5 Å². The van der Waals surface area contributed by atoms with Gasteiger partial charge in [0.25, 0.3) is 5.91 Å². The van der Waals surface area contributed by atoms with Crippen LogP contribution >= 0.6 is 0 Å². The standard InChI is InChI=1S/C20H26FN3O3/c1-13-11-22-19(24(13)14(2)12-25)15-6-8-23(9-7-15)20(26)16-4-5-18(27-3)17(21)10-16/h4-5,10-11,14-15,25H,6-9,12H2,1-3H3/t14-/m1/s1. The molecular weight excluding hydrogens is 349 g/mol. The lowest BCUT2D eigenvalue weighted by Gasteiger charge is -2.32. The summed E-state index contributed by atoms with van der Waals surface area (Å²) < 4.78 is 20.9. The van der Waals surface area contributed by atoms with Crippen LogP contribution in [0.3, 0.4) is 0 Å². The van der Waals surface area contributed by atoms with E-state index >= 15 is 0 Å². The van der Waals surface area contributed by atoms with E-state index in [9.17, 15) is 14.3 Å². The summed E-state index contributed by atoms with van der Waals surface area (Å²) in [5.41, 5.74) is 1.36. The van der Waals surface area contributed by atoms with Gasteiger partial charge in [-0.3, -0.25) is 4.79 Å². The van der Waals surface area contributed by atoms with Crippen LogP contribution in [0.5, 0.6) is 5.75 Å². The molecule has 2 heterocycles.